The van der Waals surface area contributed by atoms with Crippen LogP contribution < -0.4 is 10.6 Å². The van der Waals surface area contributed by atoms with Gasteiger partial charge in [0, 0.05) is 13.2 Å². The SMILES string of the molecule is CC(C)(C)OC(=O)NC(CNCCCCCO)C(=O)O. The number of carbonyl (C=O) groups excluding carboxylic acids is 1. The van der Waals surface area contributed by atoms with Crippen LogP contribution in [0, 0.1) is 0 Å². The van der Waals surface area contributed by atoms with Crippen molar-refractivity contribution in [3.8, 4) is 0 Å². The van der Waals surface area contributed by atoms with Crippen molar-refractivity contribution in [2.24, 2.45) is 0 Å². The molecule has 7 heteroatoms. The number of aliphatic hydroxyl groups is 1. The average molecular weight is 290 g/mol. The third-order valence-corrected chi connectivity index (χ3v) is 2.35. The Bertz CT molecular complexity index is 302. The summed E-state index contributed by atoms with van der Waals surface area (Å²) in [6.07, 6.45) is 1.72. The number of aliphatic carboxylic acids is 1. The van der Waals surface area contributed by atoms with Gasteiger partial charge in [0.25, 0.3) is 0 Å². The maximum Gasteiger partial charge on any atom is 0.408 e. The van der Waals surface area contributed by atoms with Gasteiger partial charge in [0.1, 0.15) is 11.6 Å². The van der Waals surface area contributed by atoms with E-state index in [0.717, 1.165) is 19.3 Å². The number of carboxylic acids is 1. The number of nitrogens with one attached hydrogen (secondary N) is 2. The molecule has 1 unspecified atom stereocenters. The molecule has 0 bridgehead atoms. The largest absolute Gasteiger partial charge is 0.480 e. The zero-order chi connectivity index (χ0) is 15.6. The Morgan fingerprint density at radius 1 is 1.20 bits per heavy atom. The minimum absolute atomic E-state index is 0.133. The van der Waals surface area contributed by atoms with Crippen molar-refractivity contribution >= 4 is 12.1 Å². The van der Waals surface area contributed by atoms with Crippen molar-refractivity contribution in [2.75, 3.05) is 19.7 Å². The molecule has 7 nitrogen and oxygen atoms in total. The zero-order valence-corrected chi connectivity index (χ0v) is 12.4. The molecule has 0 aromatic heterocycles. The van der Waals surface area contributed by atoms with Gasteiger partial charge in [-0.3, -0.25) is 0 Å². The van der Waals surface area contributed by atoms with Crippen LogP contribution in [0.2, 0.25) is 0 Å². The first-order chi connectivity index (χ1) is 9.26. The van der Waals surface area contributed by atoms with E-state index in [1.54, 1.807) is 20.8 Å². The van der Waals surface area contributed by atoms with Crippen molar-refractivity contribution in [1.82, 2.24) is 10.6 Å². The molecule has 0 fully saturated rings. The zero-order valence-electron chi connectivity index (χ0n) is 12.4. The number of ether oxygens (including phenoxy) is 1. The smallest absolute Gasteiger partial charge is 0.408 e. The fourth-order valence-corrected chi connectivity index (χ4v) is 1.43. The maximum absolute atomic E-state index is 11.5. The lowest BCUT2D eigenvalue weighted by atomic mass is 10.2. The molecule has 0 aliphatic heterocycles. The molecule has 0 aromatic carbocycles. The minimum atomic E-state index is -1.11. The lowest BCUT2D eigenvalue weighted by Gasteiger charge is -2.22. The van der Waals surface area contributed by atoms with E-state index in [9.17, 15) is 9.59 Å². The number of unbranched alkanes of at least 4 members (excludes halogenated alkanes) is 2. The van der Waals surface area contributed by atoms with Gasteiger partial charge in [0.15, 0.2) is 0 Å². The number of carboxylic acid groups (broad SMARTS) is 1. The molecule has 118 valence electrons. The standard InChI is InChI=1S/C13H26N2O5/c1-13(2,3)20-12(19)15-10(11(17)18)9-14-7-5-4-6-8-16/h10,14,16H,4-9H2,1-3H3,(H,15,19)(H,17,18). The minimum Gasteiger partial charge on any atom is -0.480 e. The van der Waals surface area contributed by atoms with E-state index >= 15 is 0 Å². The van der Waals surface area contributed by atoms with E-state index in [1.165, 1.54) is 0 Å². The first-order valence-electron chi connectivity index (χ1n) is 6.80. The Morgan fingerprint density at radius 2 is 1.85 bits per heavy atom. The number of amides is 1. The normalized spacial score (nSPS) is 12.8. The van der Waals surface area contributed by atoms with Crippen LogP contribution in [0.15, 0.2) is 0 Å². The van der Waals surface area contributed by atoms with Gasteiger partial charge < -0.3 is 25.6 Å². The van der Waals surface area contributed by atoms with Crippen molar-refractivity contribution in [3.63, 3.8) is 0 Å². The highest BCUT2D eigenvalue weighted by molar-refractivity contribution is 5.80. The quantitative estimate of drug-likeness (QED) is 0.466. The lowest BCUT2D eigenvalue weighted by Crippen LogP contribution is -2.48. The molecule has 0 radical (unpaired) electrons. The number of alkyl carbamates (subject to hydrolysis) is 1. The predicted molar refractivity (Wildman–Crippen MR) is 74.6 cm³/mol. The Balaban J connectivity index is 3.99. The summed E-state index contributed by atoms with van der Waals surface area (Å²) in [4.78, 5) is 22.5. The highest BCUT2D eigenvalue weighted by atomic mass is 16.6. The van der Waals surface area contributed by atoms with Crippen molar-refractivity contribution < 1.29 is 24.5 Å². The Morgan fingerprint density at radius 3 is 2.35 bits per heavy atom. The van der Waals surface area contributed by atoms with Gasteiger partial charge in [-0.15, -0.1) is 0 Å². The molecule has 1 atom stereocenters. The molecule has 20 heavy (non-hydrogen) atoms. The van der Waals surface area contributed by atoms with Crippen molar-refractivity contribution in [3.05, 3.63) is 0 Å². The summed E-state index contributed by atoms with van der Waals surface area (Å²) in [6, 6.07) is -1.03. The van der Waals surface area contributed by atoms with Gasteiger partial charge in [0.2, 0.25) is 0 Å². The van der Waals surface area contributed by atoms with Crippen molar-refractivity contribution in [1.29, 1.82) is 0 Å². The molecular weight excluding hydrogens is 264 g/mol. The Labute approximate surface area is 119 Å². The number of aliphatic hydroxyl groups excluding tert-OH is 1. The third kappa shape index (κ3) is 10.6. The molecule has 0 rings (SSSR count). The molecule has 0 heterocycles. The van der Waals surface area contributed by atoms with Gasteiger partial charge in [-0.1, -0.05) is 0 Å². The van der Waals surface area contributed by atoms with Crippen LogP contribution >= 0.6 is 0 Å². The molecular formula is C13H26N2O5. The molecule has 0 aliphatic rings. The molecule has 0 saturated heterocycles. The third-order valence-electron chi connectivity index (χ3n) is 2.35. The fourth-order valence-electron chi connectivity index (χ4n) is 1.43. The van der Waals surface area contributed by atoms with Crippen LogP contribution in [0.1, 0.15) is 40.0 Å². The second-order valence-electron chi connectivity index (χ2n) is 5.53. The predicted octanol–water partition coefficient (Wildman–Crippen LogP) is 0.716. The fraction of sp³-hybridized carbons (Fsp3) is 0.846. The van der Waals surface area contributed by atoms with E-state index in [1.807, 2.05) is 0 Å². The van der Waals surface area contributed by atoms with Crippen LogP contribution in [0.5, 0.6) is 0 Å². The topological polar surface area (TPSA) is 108 Å². The van der Waals surface area contributed by atoms with Gasteiger partial charge in [0.05, 0.1) is 0 Å². The summed E-state index contributed by atoms with van der Waals surface area (Å²) in [7, 11) is 0. The molecule has 0 spiro atoms. The summed E-state index contributed by atoms with van der Waals surface area (Å²) >= 11 is 0. The van der Waals surface area contributed by atoms with Gasteiger partial charge in [-0.2, -0.15) is 0 Å². The summed E-state index contributed by atoms with van der Waals surface area (Å²) in [6.45, 7) is 6.07. The second-order valence-corrected chi connectivity index (χ2v) is 5.53. The van der Waals surface area contributed by atoms with Gasteiger partial charge in [-0.25, -0.2) is 9.59 Å². The molecule has 0 saturated carbocycles. The molecule has 1 amide bonds. The summed E-state index contributed by atoms with van der Waals surface area (Å²) in [5.41, 5.74) is -0.662. The number of hydrogen-bond acceptors (Lipinski definition) is 5. The summed E-state index contributed by atoms with van der Waals surface area (Å²) in [5.74, 6) is -1.11. The van der Waals surface area contributed by atoms with E-state index in [0.29, 0.717) is 6.54 Å². The first kappa shape index (κ1) is 18.7. The average Bonchev–Trinajstić information content (AvgIpc) is 2.29. The van der Waals surface area contributed by atoms with Crippen LogP contribution in [0.4, 0.5) is 4.79 Å². The molecule has 4 N–H and O–H groups in total. The first-order valence-corrected chi connectivity index (χ1v) is 6.80. The monoisotopic (exact) mass is 290 g/mol. The summed E-state index contributed by atoms with van der Waals surface area (Å²) < 4.78 is 5.01. The summed E-state index contributed by atoms with van der Waals surface area (Å²) in [5, 5.41) is 22.9. The van der Waals surface area contributed by atoms with Crippen LogP contribution in [0.25, 0.3) is 0 Å². The van der Waals surface area contributed by atoms with Gasteiger partial charge >= 0.3 is 12.1 Å². The number of rotatable bonds is 9. The molecule has 0 aliphatic carbocycles. The second kappa shape index (κ2) is 9.55. The molecule has 0 aromatic rings. The number of hydrogen-bond donors (Lipinski definition) is 4. The van der Waals surface area contributed by atoms with Crippen LogP contribution in [0.3, 0.4) is 0 Å². The Hall–Kier alpha value is -1.34. The van der Waals surface area contributed by atoms with E-state index < -0.39 is 23.7 Å². The van der Waals surface area contributed by atoms with Crippen LogP contribution in [-0.4, -0.2) is 53.6 Å². The van der Waals surface area contributed by atoms with Crippen LogP contribution in [-0.2, 0) is 9.53 Å². The van der Waals surface area contributed by atoms with Crippen molar-refractivity contribution in [2.45, 2.75) is 51.7 Å². The van der Waals surface area contributed by atoms with Gasteiger partial charge in [-0.05, 0) is 46.6 Å². The maximum atomic E-state index is 11.5. The van der Waals surface area contributed by atoms with E-state index in [2.05, 4.69) is 10.6 Å². The lowest BCUT2D eigenvalue weighted by molar-refractivity contribution is -0.139. The Kier molecular flexibility index (Phi) is 8.91. The van der Waals surface area contributed by atoms with E-state index in [4.69, 9.17) is 14.9 Å². The highest BCUT2D eigenvalue weighted by Crippen LogP contribution is 2.06. The number of carbonyl (C=O) groups is 2. The highest BCUT2D eigenvalue weighted by Gasteiger charge is 2.23. The van der Waals surface area contributed by atoms with E-state index in [-0.39, 0.29) is 13.2 Å².